The fourth-order valence-corrected chi connectivity index (χ4v) is 1.50. The summed E-state index contributed by atoms with van der Waals surface area (Å²) in [6.07, 6.45) is -4.06. The van der Waals surface area contributed by atoms with Crippen LogP contribution in [0.25, 0.3) is 0 Å². The molecule has 1 heterocycles. The zero-order valence-corrected chi connectivity index (χ0v) is 11.4. The summed E-state index contributed by atoms with van der Waals surface area (Å²) in [6, 6.07) is 1.67. The van der Waals surface area contributed by atoms with Gasteiger partial charge in [0, 0.05) is 26.2 Å². The highest BCUT2D eigenvalue weighted by atomic mass is 19.4. The van der Waals surface area contributed by atoms with Gasteiger partial charge in [-0.05, 0) is 13.3 Å². The van der Waals surface area contributed by atoms with Crippen LogP contribution in [-0.2, 0) is 0 Å². The van der Waals surface area contributed by atoms with Crippen LogP contribution >= 0.6 is 0 Å². The third kappa shape index (κ3) is 5.76. The smallest absolute Gasteiger partial charge is 0.370 e. The lowest BCUT2D eigenvalue weighted by molar-refractivity contribution is -0.132. The second kappa shape index (κ2) is 6.58. The molecule has 0 saturated heterocycles. The largest absolute Gasteiger partial charge is 0.390 e. The van der Waals surface area contributed by atoms with Crippen LogP contribution < -0.4 is 10.2 Å². The van der Waals surface area contributed by atoms with E-state index < -0.39 is 12.6 Å². The van der Waals surface area contributed by atoms with Crippen molar-refractivity contribution in [1.29, 1.82) is 0 Å². The Morgan fingerprint density at radius 2 is 2.00 bits per heavy atom. The Hall–Kier alpha value is -1.53. The van der Waals surface area contributed by atoms with Crippen molar-refractivity contribution < 1.29 is 13.2 Å². The molecule has 0 atom stereocenters. The lowest BCUT2D eigenvalue weighted by Gasteiger charge is -2.20. The van der Waals surface area contributed by atoms with Gasteiger partial charge in [-0.3, -0.25) is 0 Å². The number of alkyl halides is 3. The van der Waals surface area contributed by atoms with E-state index >= 15 is 0 Å². The molecule has 0 aromatic carbocycles. The summed E-state index contributed by atoms with van der Waals surface area (Å²) < 4.78 is 36.6. The molecule has 0 radical (unpaired) electrons. The number of nitrogens with one attached hydrogen (secondary N) is 1. The van der Waals surface area contributed by atoms with E-state index in [0.717, 1.165) is 13.0 Å². The molecule has 4 nitrogen and oxygen atoms in total. The number of halogens is 3. The third-order valence-corrected chi connectivity index (χ3v) is 2.50. The van der Waals surface area contributed by atoms with E-state index in [1.54, 1.807) is 20.0 Å². The summed E-state index contributed by atoms with van der Waals surface area (Å²) in [5.74, 6) is 1.67. The number of hydrogen-bond donors (Lipinski definition) is 1. The normalized spacial score (nSPS) is 11.5. The van der Waals surface area contributed by atoms with Crippen molar-refractivity contribution in [3.8, 4) is 0 Å². The quantitative estimate of drug-likeness (QED) is 0.867. The van der Waals surface area contributed by atoms with Gasteiger partial charge in [-0.1, -0.05) is 6.92 Å². The Kier molecular flexibility index (Phi) is 5.38. The zero-order chi connectivity index (χ0) is 14.5. The summed E-state index contributed by atoms with van der Waals surface area (Å²) in [5.41, 5.74) is 0. The van der Waals surface area contributed by atoms with Crippen molar-refractivity contribution >= 4 is 11.6 Å². The Morgan fingerprint density at radius 3 is 2.58 bits per heavy atom. The average molecular weight is 276 g/mol. The van der Waals surface area contributed by atoms with Gasteiger partial charge in [0.25, 0.3) is 0 Å². The standard InChI is InChI=1S/C12H19F3N4/c1-4-6-16-10-8-11(18-9(2)17-10)19(3)7-5-12(13,14)15/h8H,4-7H2,1-3H3,(H,16,17,18). The number of aryl methyl sites for hydroxylation is 1. The molecular formula is C12H19F3N4. The van der Waals surface area contributed by atoms with Crippen molar-refractivity contribution in [2.75, 3.05) is 30.4 Å². The number of rotatable bonds is 6. The lowest BCUT2D eigenvalue weighted by atomic mass is 10.3. The van der Waals surface area contributed by atoms with E-state index in [-0.39, 0.29) is 6.54 Å². The molecule has 0 saturated carbocycles. The second-order valence-corrected chi connectivity index (χ2v) is 4.37. The van der Waals surface area contributed by atoms with Crippen LogP contribution in [0.5, 0.6) is 0 Å². The monoisotopic (exact) mass is 276 g/mol. The highest BCUT2D eigenvalue weighted by Gasteiger charge is 2.27. The minimum Gasteiger partial charge on any atom is -0.370 e. The summed E-state index contributed by atoms with van der Waals surface area (Å²) in [4.78, 5) is 9.83. The fourth-order valence-electron chi connectivity index (χ4n) is 1.50. The van der Waals surface area contributed by atoms with Crippen LogP contribution in [0.1, 0.15) is 25.6 Å². The minimum atomic E-state index is -4.15. The van der Waals surface area contributed by atoms with Crippen molar-refractivity contribution in [2.45, 2.75) is 32.9 Å². The highest BCUT2D eigenvalue weighted by molar-refractivity contribution is 5.48. The van der Waals surface area contributed by atoms with E-state index in [4.69, 9.17) is 0 Å². The van der Waals surface area contributed by atoms with Gasteiger partial charge >= 0.3 is 6.18 Å². The van der Waals surface area contributed by atoms with Crippen molar-refractivity contribution in [3.63, 3.8) is 0 Å². The second-order valence-electron chi connectivity index (χ2n) is 4.37. The van der Waals surface area contributed by atoms with E-state index in [1.807, 2.05) is 6.92 Å². The van der Waals surface area contributed by atoms with Crippen LogP contribution in [0.15, 0.2) is 6.07 Å². The first-order chi connectivity index (χ1) is 8.81. The van der Waals surface area contributed by atoms with E-state index in [9.17, 15) is 13.2 Å². The van der Waals surface area contributed by atoms with Crippen molar-refractivity contribution in [2.24, 2.45) is 0 Å². The number of anilines is 2. The minimum absolute atomic E-state index is 0.118. The van der Waals surface area contributed by atoms with Gasteiger partial charge in [0.2, 0.25) is 0 Å². The molecule has 108 valence electrons. The Balaban J connectivity index is 2.73. The average Bonchev–Trinajstić information content (AvgIpc) is 2.31. The summed E-state index contributed by atoms with van der Waals surface area (Å²) >= 11 is 0. The maximum atomic E-state index is 12.2. The van der Waals surface area contributed by atoms with Gasteiger partial charge in [-0.25, -0.2) is 9.97 Å². The third-order valence-electron chi connectivity index (χ3n) is 2.50. The van der Waals surface area contributed by atoms with E-state index in [0.29, 0.717) is 17.5 Å². The van der Waals surface area contributed by atoms with Crippen LogP contribution in [0.2, 0.25) is 0 Å². The lowest BCUT2D eigenvalue weighted by Crippen LogP contribution is -2.25. The van der Waals surface area contributed by atoms with Crippen LogP contribution in [0, 0.1) is 6.92 Å². The van der Waals surface area contributed by atoms with Crippen molar-refractivity contribution in [1.82, 2.24) is 9.97 Å². The van der Waals surface area contributed by atoms with Gasteiger partial charge in [-0.15, -0.1) is 0 Å². The first kappa shape index (κ1) is 15.5. The molecule has 0 aliphatic carbocycles. The predicted octanol–water partition coefficient (Wildman–Crippen LogP) is 3.00. The first-order valence-corrected chi connectivity index (χ1v) is 6.19. The summed E-state index contributed by atoms with van der Waals surface area (Å²) in [5, 5.41) is 3.10. The summed E-state index contributed by atoms with van der Waals surface area (Å²) in [6.45, 7) is 4.39. The molecule has 1 rings (SSSR count). The molecule has 0 unspecified atom stereocenters. The molecule has 1 N–H and O–H groups in total. The molecule has 7 heteroatoms. The Labute approximate surface area is 111 Å². The fraction of sp³-hybridized carbons (Fsp3) is 0.667. The van der Waals surface area contributed by atoms with E-state index in [1.165, 1.54) is 4.90 Å². The topological polar surface area (TPSA) is 41.0 Å². The van der Waals surface area contributed by atoms with Gasteiger partial charge in [0.15, 0.2) is 0 Å². The first-order valence-electron chi connectivity index (χ1n) is 6.19. The van der Waals surface area contributed by atoms with Gasteiger partial charge in [-0.2, -0.15) is 13.2 Å². The molecule has 0 amide bonds. The molecule has 1 aromatic rings. The number of hydrogen-bond acceptors (Lipinski definition) is 4. The molecular weight excluding hydrogens is 257 g/mol. The van der Waals surface area contributed by atoms with Crippen LogP contribution in [0.4, 0.5) is 24.8 Å². The SMILES string of the molecule is CCCNc1cc(N(C)CCC(F)(F)F)nc(C)n1. The van der Waals surface area contributed by atoms with Gasteiger partial charge in [0.05, 0.1) is 6.42 Å². The maximum Gasteiger partial charge on any atom is 0.390 e. The zero-order valence-electron chi connectivity index (χ0n) is 11.4. The highest BCUT2D eigenvalue weighted by Crippen LogP contribution is 2.21. The number of nitrogens with zero attached hydrogens (tertiary/aromatic N) is 3. The molecule has 0 aliphatic rings. The van der Waals surface area contributed by atoms with Gasteiger partial charge < -0.3 is 10.2 Å². The van der Waals surface area contributed by atoms with Crippen LogP contribution in [-0.4, -0.2) is 36.3 Å². The predicted molar refractivity (Wildman–Crippen MR) is 69.5 cm³/mol. The molecule has 0 spiro atoms. The molecule has 19 heavy (non-hydrogen) atoms. The van der Waals surface area contributed by atoms with Crippen molar-refractivity contribution in [3.05, 3.63) is 11.9 Å². The molecule has 0 fully saturated rings. The van der Waals surface area contributed by atoms with Crippen LogP contribution in [0.3, 0.4) is 0 Å². The number of aromatic nitrogens is 2. The molecule has 0 aliphatic heterocycles. The summed E-state index contributed by atoms with van der Waals surface area (Å²) in [7, 11) is 1.59. The van der Waals surface area contributed by atoms with Gasteiger partial charge in [0.1, 0.15) is 17.5 Å². The molecule has 0 bridgehead atoms. The Bertz CT molecular complexity index is 406. The maximum absolute atomic E-state index is 12.2. The Morgan fingerprint density at radius 1 is 1.32 bits per heavy atom. The van der Waals surface area contributed by atoms with E-state index in [2.05, 4.69) is 15.3 Å². The molecule has 1 aromatic heterocycles.